The third-order valence-electron chi connectivity index (χ3n) is 2.75. The van der Waals surface area contributed by atoms with E-state index in [1.807, 2.05) is 31.5 Å². The molecule has 0 atom stereocenters. The number of aryl methyl sites for hydroxylation is 1. The van der Waals surface area contributed by atoms with Crippen LogP contribution in [0.15, 0.2) is 24.5 Å². The van der Waals surface area contributed by atoms with Gasteiger partial charge in [0.25, 0.3) is 0 Å². The molecule has 0 aliphatic carbocycles. The van der Waals surface area contributed by atoms with Gasteiger partial charge in [-0.2, -0.15) is 5.10 Å². The smallest absolute Gasteiger partial charge is 0.207 e. The average Bonchev–Trinajstić information content (AvgIpc) is 3.04. The number of allylic oxidation sites excluding steroid dienone is 1. The Morgan fingerprint density at radius 2 is 2.26 bits per heavy atom. The van der Waals surface area contributed by atoms with Gasteiger partial charge < -0.3 is 0 Å². The van der Waals surface area contributed by atoms with Crippen molar-refractivity contribution in [1.29, 1.82) is 0 Å². The zero-order chi connectivity index (χ0) is 13.8. The molecule has 2 heterocycles. The molecule has 0 amide bonds. The molecule has 0 saturated carbocycles. The van der Waals surface area contributed by atoms with E-state index < -0.39 is 0 Å². The molecule has 100 valence electrons. The van der Waals surface area contributed by atoms with Crippen LogP contribution >= 0.6 is 0 Å². The summed E-state index contributed by atoms with van der Waals surface area (Å²) in [6.45, 7) is 6.74. The van der Waals surface area contributed by atoms with Crippen molar-refractivity contribution in [2.24, 2.45) is 0 Å². The summed E-state index contributed by atoms with van der Waals surface area (Å²) in [5.41, 5.74) is 1.25. The molecule has 0 radical (unpaired) electrons. The fourth-order valence-electron chi connectivity index (χ4n) is 1.64. The number of hydrogen-bond acceptors (Lipinski definition) is 4. The van der Waals surface area contributed by atoms with E-state index in [9.17, 15) is 4.79 Å². The first-order valence-corrected chi connectivity index (χ1v) is 6.28. The summed E-state index contributed by atoms with van der Waals surface area (Å²) in [5.74, 6) is -0.157. The van der Waals surface area contributed by atoms with E-state index >= 15 is 0 Å². The van der Waals surface area contributed by atoms with Crippen molar-refractivity contribution in [1.82, 2.24) is 24.8 Å². The van der Waals surface area contributed by atoms with Gasteiger partial charge in [-0.3, -0.25) is 9.48 Å². The van der Waals surface area contributed by atoms with Gasteiger partial charge in [-0.1, -0.05) is 5.21 Å². The van der Waals surface area contributed by atoms with E-state index in [1.54, 1.807) is 23.2 Å². The number of carbonyl (C=O) groups is 1. The molecule has 2 aromatic rings. The second-order valence-electron chi connectivity index (χ2n) is 4.45. The normalized spacial score (nSPS) is 11.6. The fraction of sp³-hybridized carbons (Fsp3) is 0.385. The molecule has 19 heavy (non-hydrogen) atoms. The van der Waals surface area contributed by atoms with Crippen LogP contribution in [0.5, 0.6) is 0 Å². The summed E-state index contributed by atoms with van der Waals surface area (Å²) in [6, 6.07) is 2.05. The summed E-state index contributed by atoms with van der Waals surface area (Å²) in [7, 11) is 0. The molecule has 2 aromatic heterocycles. The zero-order valence-electron chi connectivity index (χ0n) is 11.3. The molecule has 0 aliphatic heterocycles. The zero-order valence-corrected chi connectivity index (χ0v) is 11.3. The molecule has 0 bridgehead atoms. The van der Waals surface area contributed by atoms with Crippen molar-refractivity contribution in [2.75, 3.05) is 0 Å². The van der Waals surface area contributed by atoms with Gasteiger partial charge in [-0.25, -0.2) is 4.68 Å². The summed E-state index contributed by atoms with van der Waals surface area (Å²) >= 11 is 0. The lowest BCUT2D eigenvalue weighted by molar-refractivity contribution is 0.104. The van der Waals surface area contributed by atoms with E-state index in [0.717, 1.165) is 12.2 Å². The van der Waals surface area contributed by atoms with E-state index in [4.69, 9.17) is 0 Å². The van der Waals surface area contributed by atoms with E-state index in [2.05, 4.69) is 15.4 Å². The summed E-state index contributed by atoms with van der Waals surface area (Å²) < 4.78 is 3.48. The molecule has 0 aromatic carbocycles. The molecule has 0 fully saturated rings. The SMILES string of the molecule is CCn1nccc1/C=C/C(=O)c1cn(C(C)C)nn1. The quantitative estimate of drug-likeness (QED) is 0.608. The minimum atomic E-state index is -0.157. The molecule has 0 N–H and O–H groups in total. The highest BCUT2D eigenvalue weighted by molar-refractivity contribution is 6.05. The van der Waals surface area contributed by atoms with E-state index in [-0.39, 0.29) is 11.8 Å². The molecule has 6 nitrogen and oxygen atoms in total. The van der Waals surface area contributed by atoms with E-state index in [0.29, 0.717) is 5.69 Å². The highest BCUT2D eigenvalue weighted by atomic mass is 16.1. The fourth-order valence-corrected chi connectivity index (χ4v) is 1.64. The van der Waals surface area contributed by atoms with Gasteiger partial charge >= 0.3 is 0 Å². The van der Waals surface area contributed by atoms with Crippen molar-refractivity contribution in [3.05, 3.63) is 35.9 Å². The maximum atomic E-state index is 11.9. The van der Waals surface area contributed by atoms with Crippen molar-refractivity contribution in [3.63, 3.8) is 0 Å². The predicted molar refractivity (Wildman–Crippen MR) is 71.7 cm³/mol. The number of carbonyl (C=O) groups excluding carboxylic acids is 1. The summed E-state index contributed by atoms with van der Waals surface area (Å²) in [5, 5.41) is 11.9. The first-order chi connectivity index (χ1) is 9.11. The van der Waals surface area contributed by atoms with Crippen LogP contribution in [0.3, 0.4) is 0 Å². The lowest BCUT2D eigenvalue weighted by Crippen LogP contribution is -2.01. The monoisotopic (exact) mass is 259 g/mol. The highest BCUT2D eigenvalue weighted by Crippen LogP contribution is 2.06. The van der Waals surface area contributed by atoms with Crippen LogP contribution in [0.2, 0.25) is 0 Å². The lowest BCUT2D eigenvalue weighted by atomic mass is 10.2. The van der Waals surface area contributed by atoms with Gasteiger partial charge in [0.1, 0.15) is 0 Å². The van der Waals surface area contributed by atoms with E-state index in [1.165, 1.54) is 6.08 Å². The van der Waals surface area contributed by atoms with Gasteiger partial charge in [-0.05, 0) is 39.0 Å². The highest BCUT2D eigenvalue weighted by Gasteiger charge is 2.09. The number of rotatable bonds is 5. The molecule has 2 rings (SSSR count). The summed E-state index contributed by atoms with van der Waals surface area (Å²) in [4.78, 5) is 11.9. The predicted octanol–water partition coefficient (Wildman–Crippen LogP) is 1.97. The Labute approximate surface area is 111 Å². The van der Waals surface area contributed by atoms with Crippen LogP contribution in [0.1, 0.15) is 43.0 Å². The van der Waals surface area contributed by atoms with Crippen molar-refractivity contribution < 1.29 is 4.79 Å². The Morgan fingerprint density at radius 1 is 1.47 bits per heavy atom. The largest absolute Gasteiger partial charge is 0.287 e. The molecule has 6 heteroatoms. The van der Waals surface area contributed by atoms with Crippen molar-refractivity contribution in [3.8, 4) is 0 Å². The first-order valence-electron chi connectivity index (χ1n) is 6.28. The lowest BCUT2D eigenvalue weighted by Gasteiger charge is -2.00. The Balaban J connectivity index is 2.12. The van der Waals surface area contributed by atoms with Gasteiger partial charge in [0.2, 0.25) is 5.78 Å². The first kappa shape index (κ1) is 13.2. The third kappa shape index (κ3) is 2.96. The van der Waals surface area contributed by atoms with Gasteiger partial charge in [0, 0.05) is 18.8 Å². The van der Waals surface area contributed by atoms with Gasteiger partial charge in [0.15, 0.2) is 5.69 Å². The van der Waals surface area contributed by atoms with Crippen molar-refractivity contribution in [2.45, 2.75) is 33.4 Å². The molecular formula is C13H17N5O. The van der Waals surface area contributed by atoms with Crippen LogP contribution in [0.25, 0.3) is 6.08 Å². The number of hydrogen-bond donors (Lipinski definition) is 0. The maximum absolute atomic E-state index is 11.9. The molecular weight excluding hydrogens is 242 g/mol. The maximum Gasteiger partial charge on any atom is 0.207 e. The van der Waals surface area contributed by atoms with Crippen LogP contribution < -0.4 is 0 Å². The van der Waals surface area contributed by atoms with Gasteiger partial charge in [0.05, 0.1) is 11.9 Å². The topological polar surface area (TPSA) is 65.6 Å². The Hall–Kier alpha value is -2.24. The van der Waals surface area contributed by atoms with Crippen LogP contribution in [-0.2, 0) is 6.54 Å². The third-order valence-corrected chi connectivity index (χ3v) is 2.75. The number of aromatic nitrogens is 5. The van der Waals surface area contributed by atoms with Crippen LogP contribution in [0.4, 0.5) is 0 Å². The molecule has 0 saturated heterocycles. The van der Waals surface area contributed by atoms with Gasteiger partial charge in [-0.15, -0.1) is 5.10 Å². The minimum absolute atomic E-state index is 0.157. The minimum Gasteiger partial charge on any atom is -0.287 e. The average molecular weight is 259 g/mol. The molecule has 0 unspecified atom stereocenters. The standard InChI is InChI=1S/C13H17N5O/c1-4-17-11(7-8-14-17)5-6-13(19)12-9-18(10(2)3)16-15-12/h5-10H,4H2,1-3H3/b6-5+. The number of ketones is 1. The molecule has 0 aliphatic rings. The summed E-state index contributed by atoms with van der Waals surface area (Å²) in [6.07, 6.45) is 6.61. The van der Waals surface area contributed by atoms with Crippen LogP contribution in [-0.4, -0.2) is 30.6 Å². The van der Waals surface area contributed by atoms with Crippen LogP contribution in [0, 0.1) is 0 Å². The Bertz CT molecular complexity index is 594. The molecule has 0 spiro atoms. The second-order valence-corrected chi connectivity index (χ2v) is 4.45. The Kier molecular flexibility index (Phi) is 3.89. The Morgan fingerprint density at radius 3 is 2.89 bits per heavy atom. The van der Waals surface area contributed by atoms with Crippen molar-refractivity contribution >= 4 is 11.9 Å². The second kappa shape index (κ2) is 5.60. The number of nitrogens with zero attached hydrogens (tertiary/aromatic N) is 5.